The van der Waals surface area contributed by atoms with Crippen LogP contribution in [-0.4, -0.2) is 12.6 Å². The summed E-state index contributed by atoms with van der Waals surface area (Å²) in [6, 6.07) is 7.47. The van der Waals surface area contributed by atoms with Crippen LogP contribution in [0.25, 0.3) is 0 Å². The van der Waals surface area contributed by atoms with Crippen LogP contribution < -0.4 is 16.4 Å². The van der Waals surface area contributed by atoms with E-state index in [4.69, 9.17) is 5.73 Å². The minimum atomic E-state index is -0.138. The van der Waals surface area contributed by atoms with Crippen molar-refractivity contribution >= 4 is 11.7 Å². The zero-order valence-corrected chi connectivity index (χ0v) is 11.7. The van der Waals surface area contributed by atoms with Crippen LogP contribution >= 0.6 is 0 Å². The molecule has 1 aromatic carbocycles. The summed E-state index contributed by atoms with van der Waals surface area (Å²) >= 11 is 0. The molecule has 1 fully saturated rings. The lowest BCUT2D eigenvalue weighted by Gasteiger charge is -2.20. The van der Waals surface area contributed by atoms with Gasteiger partial charge in [-0.05, 0) is 41.9 Å². The van der Waals surface area contributed by atoms with Gasteiger partial charge in [0.05, 0.1) is 0 Å². The molecule has 0 unspecified atom stereocenters. The lowest BCUT2D eigenvalue weighted by molar-refractivity contribution is 0.246. The molecule has 0 spiro atoms. The molecule has 0 saturated heterocycles. The zero-order valence-electron chi connectivity index (χ0n) is 11.7. The first-order valence-corrected chi connectivity index (χ1v) is 6.89. The van der Waals surface area contributed by atoms with Gasteiger partial charge in [0.2, 0.25) is 0 Å². The Kier molecular flexibility index (Phi) is 4.10. The summed E-state index contributed by atoms with van der Waals surface area (Å²) in [4.78, 5) is 11.9. The number of carbonyl (C=O) groups is 1. The summed E-state index contributed by atoms with van der Waals surface area (Å²) in [5, 5.41) is 5.82. The van der Waals surface area contributed by atoms with Crippen LogP contribution in [0.2, 0.25) is 0 Å². The predicted molar refractivity (Wildman–Crippen MR) is 77.9 cm³/mol. The zero-order chi connectivity index (χ0) is 13.9. The number of amides is 2. The molecule has 0 radical (unpaired) electrons. The summed E-state index contributed by atoms with van der Waals surface area (Å²) in [6.07, 6.45) is 2.43. The number of hydrogen-bond donors (Lipinski definition) is 3. The summed E-state index contributed by atoms with van der Waals surface area (Å²) in [5.74, 6) is 0.619. The van der Waals surface area contributed by atoms with Gasteiger partial charge in [-0.3, -0.25) is 0 Å². The average Bonchev–Trinajstić information content (AvgIpc) is 3.18. The van der Waals surface area contributed by atoms with Crippen molar-refractivity contribution in [2.24, 2.45) is 17.1 Å². The Morgan fingerprint density at radius 1 is 1.42 bits per heavy atom. The first-order valence-electron chi connectivity index (χ1n) is 6.89. The maximum Gasteiger partial charge on any atom is 0.319 e. The third-order valence-electron chi connectivity index (χ3n) is 4.14. The predicted octanol–water partition coefficient (Wildman–Crippen LogP) is 2.70. The van der Waals surface area contributed by atoms with Crippen molar-refractivity contribution in [3.63, 3.8) is 0 Å². The van der Waals surface area contributed by atoms with Gasteiger partial charge in [0.25, 0.3) is 0 Å². The molecule has 2 rings (SSSR count). The molecule has 4 nitrogen and oxygen atoms in total. The van der Waals surface area contributed by atoms with Crippen molar-refractivity contribution in [3.05, 3.63) is 29.8 Å². The first kappa shape index (κ1) is 13.9. The number of carbonyl (C=O) groups excluding carboxylic acids is 1. The molecule has 4 N–H and O–H groups in total. The van der Waals surface area contributed by atoms with Gasteiger partial charge in [0.1, 0.15) is 0 Å². The maximum atomic E-state index is 11.9. The molecule has 0 aliphatic heterocycles. The van der Waals surface area contributed by atoms with E-state index in [-0.39, 0.29) is 6.03 Å². The monoisotopic (exact) mass is 261 g/mol. The normalized spacial score (nSPS) is 16.2. The van der Waals surface area contributed by atoms with Crippen LogP contribution in [-0.2, 0) is 6.54 Å². The van der Waals surface area contributed by atoms with Gasteiger partial charge in [0, 0.05) is 18.8 Å². The van der Waals surface area contributed by atoms with E-state index in [1.165, 1.54) is 12.8 Å². The van der Waals surface area contributed by atoms with E-state index in [2.05, 4.69) is 24.5 Å². The average molecular weight is 261 g/mol. The van der Waals surface area contributed by atoms with Crippen molar-refractivity contribution in [3.8, 4) is 0 Å². The number of urea groups is 1. The second-order valence-corrected chi connectivity index (χ2v) is 5.73. The van der Waals surface area contributed by atoms with E-state index in [0.29, 0.717) is 17.9 Å². The Labute approximate surface area is 114 Å². The van der Waals surface area contributed by atoms with Crippen LogP contribution in [0.3, 0.4) is 0 Å². The van der Waals surface area contributed by atoms with E-state index in [1.54, 1.807) is 0 Å². The first-order chi connectivity index (χ1) is 9.05. The van der Waals surface area contributed by atoms with Gasteiger partial charge in [0.15, 0.2) is 0 Å². The lowest BCUT2D eigenvalue weighted by Crippen LogP contribution is -2.35. The van der Waals surface area contributed by atoms with Crippen molar-refractivity contribution in [1.29, 1.82) is 0 Å². The third kappa shape index (κ3) is 3.47. The largest absolute Gasteiger partial charge is 0.337 e. The van der Waals surface area contributed by atoms with Crippen molar-refractivity contribution < 1.29 is 4.79 Å². The molecule has 4 heteroatoms. The van der Waals surface area contributed by atoms with Crippen molar-refractivity contribution in [2.75, 3.05) is 11.9 Å². The molecular weight excluding hydrogens is 238 g/mol. The van der Waals surface area contributed by atoms with E-state index in [1.807, 2.05) is 24.3 Å². The third-order valence-corrected chi connectivity index (χ3v) is 4.14. The van der Waals surface area contributed by atoms with Gasteiger partial charge in [-0.15, -0.1) is 0 Å². The minimum absolute atomic E-state index is 0.138. The highest BCUT2D eigenvalue weighted by Crippen LogP contribution is 2.51. The number of nitrogens with two attached hydrogens (primary N) is 1. The Bertz CT molecular complexity index is 452. The van der Waals surface area contributed by atoms with Gasteiger partial charge < -0.3 is 16.4 Å². The second kappa shape index (κ2) is 5.61. The Morgan fingerprint density at radius 2 is 2.16 bits per heavy atom. The van der Waals surface area contributed by atoms with Crippen molar-refractivity contribution in [1.82, 2.24) is 5.32 Å². The Hall–Kier alpha value is -1.55. The number of rotatable bonds is 5. The van der Waals surface area contributed by atoms with E-state index >= 15 is 0 Å². The number of hydrogen-bond acceptors (Lipinski definition) is 2. The molecule has 0 aromatic heterocycles. The molecule has 104 valence electrons. The fourth-order valence-electron chi connectivity index (χ4n) is 2.33. The molecule has 0 atom stereocenters. The van der Waals surface area contributed by atoms with E-state index in [9.17, 15) is 4.79 Å². The summed E-state index contributed by atoms with van der Waals surface area (Å²) in [6.45, 7) is 5.68. The lowest BCUT2D eigenvalue weighted by atomic mass is 9.92. The SMILES string of the molecule is CC(C)C1(CNC(=O)Nc2cccc(CN)c2)CC1. The minimum Gasteiger partial charge on any atom is -0.337 e. The van der Waals surface area contributed by atoms with Crippen molar-refractivity contribution in [2.45, 2.75) is 33.2 Å². The van der Waals surface area contributed by atoms with Crippen LogP contribution in [0, 0.1) is 11.3 Å². The standard InChI is InChI=1S/C15H23N3O/c1-11(2)15(6-7-15)10-17-14(19)18-13-5-3-4-12(8-13)9-16/h3-5,8,11H,6-7,9-10,16H2,1-2H3,(H2,17,18,19). The Balaban J connectivity index is 1.84. The Morgan fingerprint density at radius 3 is 2.74 bits per heavy atom. The van der Waals surface area contributed by atoms with Gasteiger partial charge in [-0.25, -0.2) is 4.79 Å². The molecule has 0 heterocycles. The highest BCUT2D eigenvalue weighted by molar-refractivity contribution is 5.89. The molecule has 1 aliphatic carbocycles. The molecule has 2 amide bonds. The molecule has 1 aromatic rings. The summed E-state index contributed by atoms with van der Waals surface area (Å²) in [5.41, 5.74) is 7.71. The molecule has 1 saturated carbocycles. The second-order valence-electron chi connectivity index (χ2n) is 5.73. The topological polar surface area (TPSA) is 67.2 Å². The van der Waals surface area contributed by atoms with E-state index < -0.39 is 0 Å². The van der Waals surface area contributed by atoms with E-state index in [0.717, 1.165) is 17.8 Å². The maximum absolute atomic E-state index is 11.9. The molecule has 19 heavy (non-hydrogen) atoms. The number of benzene rings is 1. The molecular formula is C15H23N3O. The van der Waals surface area contributed by atoms with Gasteiger partial charge >= 0.3 is 6.03 Å². The van der Waals surface area contributed by atoms with Crippen LogP contribution in [0.5, 0.6) is 0 Å². The fourth-order valence-corrected chi connectivity index (χ4v) is 2.33. The van der Waals surface area contributed by atoms with Crippen LogP contribution in [0.1, 0.15) is 32.3 Å². The highest BCUT2D eigenvalue weighted by Gasteiger charge is 2.45. The van der Waals surface area contributed by atoms with Gasteiger partial charge in [-0.2, -0.15) is 0 Å². The fraction of sp³-hybridized carbons (Fsp3) is 0.533. The number of anilines is 1. The highest BCUT2D eigenvalue weighted by atomic mass is 16.2. The van der Waals surface area contributed by atoms with Crippen LogP contribution in [0.15, 0.2) is 24.3 Å². The summed E-state index contributed by atoms with van der Waals surface area (Å²) in [7, 11) is 0. The summed E-state index contributed by atoms with van der Waals surface area (Å²) < 4.78 is 0. The van der Waals surface area contributed by atoms with Gasteiger partial charge in [-0.1, -0.05) is 26.0 Å². The number of nitrogens with one attached hydrogen (secondary N) is 2. The molecule has 0 bridgehead atoms. The van der Waals surface area contributed by atoms with Crippen LogP contribution in [0.4, 0.5) is 10.5 Å². The molecule has 1 aliphatic rings. The quantitative estimate of drug-likeness (QED) is 0.763. The smallest absolute Gasteiger partial charge is 0.319 e.